The monoisotopic (exact) mass is 197 g/mol. The van der Waals surface area contributed by atoms with Gasteiger partial charge in [0.15, 0.2) is 0 Å². The summed E-state index contributed by atoms with van der Waals surface area (Å²) < 4.78 is 0. The van der Waals surface area contributed by atoms with Crippen LogP contribution in [-0.4, -0.2) is 11.1 Å². The predicted octanol–water partition coefficient (Wildman–Crippen LogP) is 1.57. The molecule has 13 heavy (non-hydrogen) atoms. The number of carbonyl (C=O) groups is 1. The first-order valence-corrected chi connectivity index (χ1v) is 4.31. The maximum atomic E-state index is 10.8. The Morgan fingerprint density at radius 2 is 2.38 bits per heavy atom. The third-order valence-corrected chi connectivity index (χ3v) is 2.40. The van der Waals surface area contributed by atoms with Crippen LogP contribution < -0.4 is 5.32 Å². The summed E-state index contributed by atoms with van der Waals surface area (Å²) in [4.78, 5) is 10.8. The van der Waals surface area contributed by atoms with E-state index in [9.17, 15) is 4.79 Å². The van der Waals surface area contributed by atoms with E-state index in [-0.39, 0.29) is 0 Å². The minimum Gasteiger partial charge on any atom is -0.480 e. The number of hydrogen-bond acceptors (Lipinski definition) is 2. The smallest absolute Gasteiger partial charge is 0.325 e. The van der Waals surface area contributed by atoms with Gasteiger partial charge in [-0.15, -0.1) is 0 Å². The topological polar surface area (TPSA) is 49.3 Å². The molecular weight excluding hydrogens is 190 g/mol. The van der Waals surface area contributed by atoms with Crippen LogP contribution in [0.4, 0.5) is 0 Å². The molecule has 3 nitrogen and oxygen atoms in total. The van der Waals surface area contributed by atoms with Gasteiger partial charge in [0, 0.05) is 11.6 Å². The zero-order valence-electron chi connectivity index (χ0n) is 6.75. The van der Waals surface area contributed by atoms with Crippen LogP contribution >= 0.6 is 11.6 Å². The average Bonchev–Trinajstić information content (AvgIpc) is 2.46. The van der Waals surface area contributed by atoms with E-state index in [1.165, 1.54) is 0 Å². The molecule has 0 saturated carbocycles. The lowest BCUT2D eigenvalue weighted by atomic mass is 10.1. The standard InChI is InChI=1S/C9H8ClNO2/c10-6-2-1-5-4-11-8(9(12)13)7(5)3-6/h1-3,8,11H,4H2,(H,12,13)/t8-/m1/s1. The molecule has 1 aliphatic heterocycles. The van der Waals surface area contributed by atoms with Crippen molar-refractivity contribution in [2.24, 2.45) is 0 Å². The highest BCUT2D eigenvalue weighted by Gasteiger charge is 2.27. The zero-order valence-corrected chi connectivity index (χ0v) is 7.51. The van der Waals surface area contributed by atoms with Crippen molar-refractivity contribution in [3.05, 3.63) is 34.3 Å². The Balaban J connectivity index is 2.46. The number of aliphatic carboxylic acids is 1. The van der Waals surface area contributed by atoms with Gasteiger partial charge in [0.25, 0.3) is 0 Å². The lowest BCUT2D eigenvalue weighted by molar-refractivity contribution is -0.139. The van der Waals surface area contributed by atoms with Gasteiger partial charge < -0.3 is 5.11 Å². The van der Waals surface area contributed by atoms with E-state index < -0.39 is 12.0 Å². The maximum absolute atomic E-state index is 10.8. The number of hydrogen-bond donors (Lipinski definition) is 2. The van der Waals surface area contributed by atoms with E-state index in [1.54, 1.807) is 12.1 Å². The van der Waals surface area contributed by atoms with Gasteiger partial charge in [-0.2, -0.15) is 0 Å². The lowest BCUT2D eigenvalue weighted by Gasteiger charge is -2.05. The minimum absolute atomic E-state index is 0.578. The van der Waals surface area contributed by atoms with E-state index >= 15 is 0 Å². The Bertz CT molecular complexity index is 365. The minimum atomic E-state index is -0.860. The number of nitrogens with one attached hydrogen (secondary N) is 1. The van der Waals surface area contributed by atoms with Crippen LogP contribution in [0.25, 0.3) is 0 Å². The first-order chi connectivity index (χ1) is 6.18. The van der Waals surface area contributed by atoms with E-state index in [0.717, 1.165) is 11.1 Å². The fourth-order valence-corrected chi connectivity index (χ4v) is 1.72. The maximum Gasteiger partial charge on any atom is 0.325 e. The molecule has 0 aromatic heterocycles. The summed E-state index contributed by atoms with van der Waals surface area (Å²) in [5.41, 5.74) is 1.79. The molecular formula is C9H8ClNO2. The number of benzene rings is 1. The fourth-order valence-electron chi connectivity index (χ4n) is 1.54. The molecule has 0 aliphatic carbocycles. The Hall–Kier alpha value is -1.06. The summed E-state index contributed by atoms with van der Waals surface area (Å²) in [6, 6.07) is 4.73. The Morgan fingerprint density at radius 3 is 3.08 bits per heavy atom. The molecule has 68 valence electrons. The van der Waals surface area contributed by atoms with Gasteiger partial charge in [0.2, 0.25) is 0 Å². The van der Waals surface area contributed by atoms with Gasteiger partial charge in [0.05, 0.1) is 0 Å². The summed E-state index contributed by atoms with van der Waals surface area (Å²) in [6.45, 7) is 0.601. The van der Waals surface area contributed by atoms with Crippen LogP contribution in [0.15, 0.2) is 18.2 Å². The van der Waals surface area contributed by atoms with Gasteiger partial charge in [-0.3, -0.25) is 10.1 Å². The van der Waals surface area contributed by atoms with E-state index in [1.807, 2.05) is 6.07 Å². The van der Waals surface area contributed by atoms with Crippen LogP contribution in [0.1, 0.15) is 17.2 Å². The molecule has 0 fully saturated rings. The third-order valence-electron chi connectivity index (χ3n) is 2.16. The van der Waals surface area contributed by atoms with Crippen molar-refractivity contribution in [1.29, 1.82) is 0 Å². The summed E-state index contributed by atoms with van der Waals surface area (Å²) in [5.74, 6) is -0.860. The average molecular weight is 198 g/mol. The van der Waals surface area contributed by atoms with Gasteiger partial charge in [-0.1, -0.05) is 17.7 Å². The molecule has 0 radical (unpaired) electrons. The van der Waals surface area contributed by atoms with Crippen LogP contribution in [0, 0.1) is 0 Å². The molecule has 0 amide bonds. The molecule has 1 aromatic rings. The molecule has 0 unspecified atom stereocenters. The largest absolute Gasteiger partial charge is 0.480 e. The van der Waals surface area contributed by atoms with Crippen molar-refractivity contribution < 1.29 is 9.90 Å². The molecule has 0 spiro atoms. The third kappa shape index (κ3) is 1.41. The number of rotatable bonds is 1. The van der Waals surface area contributed by atoms with Crippen LogP contribution in [0.5, 0.6) is 0 Å². The normalized spacial score (nSPS) is 19.9. The predicted molar refractivity (Wildman–Crippen MR) is 48.7 cm³/mol. The van der Waals surface area contributed by atoms with Crippen molar-refractivity contribution in [3.63, 3.8) is 0 Å². The van der Waals surface area contributed by atoms with E-state index in [2.05, 4.69) is 5.32 Å². The fraction of sp³-hybridized carbons (Fsp3) is 0.222. The first kappa shape index (κ1) is 8.53. The molecule has 0 saturated heterocycles. The first-order valence-electron chi connectivity index (χ1n) is 3.93. The summed E-state index contributed by atoms with van der Waals surface area (Å²) in [7, 11) is 0. The van der Waals surface area contributed by atoms with E-state index in [4.69, 9.17) is 16.7 Å². The molecule has 1 aromatic carbocycles. The quantitative estimate of drug-likeness (QED) is 0.719. The molecule has 4 heteroatoms. The van der Waals surface area contributed by atoms with Crippen molar-refractivity contribution in [2.75, 3.05) is 0 Å². The number of carboxylic acid groups (broad SMARTS) is 1. The van der Waals surface area contributed by atoms with Gasteiger partial charge in [0.1, 0.15) is 6.04 Å². The molecule has 1 aliphatic rings. The second kappa shape index (κ2) is 3.01. The second-order valence-electron chi connectivity index (χ2n) is 3.00. The molecule has 1 atom stereocenters. The Labute approximate surface area is 80.3 Å². The molecule has 2 N–H and O–H groups in total. The summed E-state index contributed by atoms with van der Waals surface area (Å²) in [6.07, 6.45) is 0. The Morgan fingerprint density at radius 1 is 1.62 bits per heavy atom. The highest BCUT2D eigenvalue weighted by atomic mass is 35.5. The molecule has 0 bridgehead atoms. The lowest BCUT2D eigenvalue weighted by Crippen LogP contribution is -2.21. The Kier molecular flexibility index (Phi) is 1.98. The highest BCUT2D eigenvalue weighted by Crippen LogP contribution is 2.27. The van der Waals surface area contributed by atoms with Crippen LogP contribution in [0.3, 0.4) is 0 Å². The highest BCUT2D eigenvalue weighted by molar-refractivity contribution is 6.30. The van der Waals surface area contributed by atoms with Crippen molar-refractivity contribution in [1.82, 2.24) is 5.32 Å². The SMILES string of the molecule is O=C(O)[C@@H]1NCc2ccc(Cl)cc21. The van der Waals surface area contributed by atoms with Gasteiger partial charge >= 0.3 is 5.97 Å². The van der Waals surface area contributed by atoms with E-state index in [0.29, 0.717) is 11.6 Å². The zero-order chi connectivity index (χ0) is 9.42. The molecule has 1 heterocycles. The van der Waals surface area contributed by atoms with Crippen molar-refractivity contribution >= 4 is 17.6 Å². The van der Waals surface area contributed by atoms with Gasteiger partial charge in [-0.25, -0.2) is 0 Å². The van der Waals surface area contributed by atoms with Crippen LogP contribution in [0.2, 0.25) is 5.02 Å². The summed E-state index contributed by atoms with van der Waals surface area (Å²) in [5, 5.41) is 12.3. The van der Waals surface area contributed by atoms with Crippen molar-refractivity contribution in [2.45, 2.75) is 12.6 Å². The van der Waals surface area contributed by atoms with Gasteiger partial charge in [-0.05, 0) is 23.3 Å². The van der Waals surface area contributed by atoms with Crippen molar-refractivity contribution in [3.8, 4) is 0 Å². The number of halogens is 1. The second-order valence-corrected chi connectivity index (χ2v) is 3.43. The van der Waals surface area contributed by atoms with Crippen LogP contribution in [-0.2, 0) is 11.3 Å². The molecule has 2 rings (SSSR count). The number of fused-ring (bicyclic) bond motifs is 1. The summed E-state index contributed by atoms with van der Waals surface area (Å²) >= 11 is 5.77. The number of carboxylic acids is 1.